The number of anilines is 1. The summed E-state index contributed by atoms with van der Waals surface area (Å²) < 4.78 is 7.45. The van der Waals surface area contributed by atoms with Gasteiger partial charge in [-0.05, 0) is 24.1 Å². The zero-order valence-electron chi connectivity index (χ0n) is 13.2. The van der Waals surface area contributed by atoms with Crippen LogP contribution in [-0.4, -0.2) is 21.9 Å². The topological polar surface area (TPSA) is 52.0 Å². The van der Waals surface area contributed by atoms with E-state index in [1.54, 1.807) is 13.4 Å². The first kappa shape index (κ1) is 15.0. The molecule has 0 amide bonds. The van der Waals surface area contributed by atoms with Gasteiger partial charge in [-0.3, -0.25) is 0 Å². The van der Waals surface area contributed by atoms with Gasteiger partial charge in [-0.15, -0.1) is 0 Å². The van der Waals surface area contributed by atoms with Crippen LogP contribution in [0.3, 0.4) is 0 Å². The van der Waals surface area contributed by atoms with Crippen LogP contribution in [0.15, 0.2) is 54.9 Å². The third-order valence-corrected chi connectivity index (χ3v) is 4.75. The van der Waals surface area contributed by atoms with Crippen LogP contribution in [0.2, 0.25) is 5.02 Å². The summed E-state index contributed by atoms with van der Waals surface area (Å²) in [6.45, 7) is 0. The van der Waals surface area contributed by atoms with Crippen molar-refractivity contribution in [2.24, 2.45) is 0 Å². The molecule has 6 heteroatoms. The van der Waals surface area contributed by atoms with Crippen molar-refractivity contribution >= 4 is 17.5 Å². The molecule has 2 atom stereocenters. The predicted molar refractivity (Wildman–Crippen MR) is 93.6 cm³/mol. The quantitative estimate of drug-likeness (QED) is 0.780. The first-order valence-electron chi connectivity index (χ1n) is 7.81. The smallest absolute Gasteiger partial charge is 0.222 e. The number of fused-ring (bicyclic) bond motifs is 1. The number of rotatable bonds is 3. The largest absolute Gasteiger partial charge is 0.496 e. The molecule has 1 N–H and O–H groups in total. The van der Waals surface area contributed by atoms with Gasteiger partial charge >= 0.3 is 0 Å². The third-order valence-electron chi connectivity index (χ3n) is 4.41. The molecule has 1 aliphatic heterocycles. The lowest BCUT2D eigenvalue weighted by molar-refractivity contribution is 0.380. The summed E-state index contributed by atoms with van der Waals surface area (Å²) in [5.41, 5.74) is 2.15. The second-order valence-corrected chi connectivity index (χ2v) is 6.15. The Bertz CT molecular complexity index is 863. The summed E-state index contributed by atoms with van der Waals surface area (Å²) in [6, 6.07) is 16.0. The summed E-state index contributed by atoms with van der Waals surface area (Å²) in [5, 5.41) is 8.58. The van der Waals surface area contributed by atoms with Crippen molar-refractivity contribution in [3.05, 3.63) is 71.0 Å². The van der Waals surface area contributed by atoms with Crippen LogP contribution in [0.1, 0.15) is 29.6 Å². The molecule has 24 heavy (non-hydrogen) atoms. The number of halogens is 1. The van der Waals surface area contributed by atoms with Crippen molar-refractivity contribution in [2.45, 2.75) is 18.5 Å². The van der Waals surface area contributed by atoms with E-state index in [9.17, 15) is 0 Å². The van der Waals surface area contributed by atoms with Gasteiger partial charge in [0.15, 0.2) is 0 Å². The highest BCUT2D eigenvalue weighted by Crippen LogP contribution is 2.41. The standard InChI is InChI=1S/C18H17ClN4O/c1-24-17-9-5-3-7-13(17)16-10-15(12-6-2-4-8-14(12)19)22-18-20-11-21-23(16)18/h2-9,11,15-16H,10H2,1H3,(H,20,21,22)/t15-,16-/m1/s1. The third kappa shape index (κ3) is 2.51. The molecule has 5 nitrogen and oxygen atoms in total. The highest BCUT2D eigenvalue weighted by atomic mass is 35.5. The number of methoxy groups -OCH3 is 1. The number of nitrogens with one attached hydrogen (secondary N) is 1. The van der Waals surface area contributed by atoms with E-state index in [0.29, 0.717) is 0 Å². The van der Waals surface area contributed by atoms with Crippen molar-refractivity contribution < 1.29 is 4.74 Å². The molecule has 2 heterocycles. The van der Waals surface area contributed by atoms with Gasteiger partial charge in [0.05, 0.1) is 19.2 Å². The molecule has 122 valence electrons. The van der Waals surface area contributed by atoms with Crippen molar-refractivity contribution in [1.29, 1.82) is 0 Å². The monoisotopic (exact) mass is 340 g/mol. The maximum Gasteiger partial charge on any atom is 0.222 e. The normalized spacial score (nSPS) is 19.4. The molecule has 0 radical (unpaired) electrons. The van der Waals surface area contributed by atoms with Gasteiger partial charge in [-0.1, -0.05) is 48.0 Å². The van der Waals surface area contributed by atoms with Gasteiger partial charge in [0, 0.05) is 10.6 Å². The Morgan fingerprint density at radius 2 is 1.88 bits per heavy atom. The van der Waals surface area contributed by atoms with Crippen LogP contribution >= 0.6 is 11.6 Å². The van der Waals surface area contributed by atoms with Crippen molar-refractivity contribution in [1.82, 2.24) is 14.8 Å². The number of ether oxygens (including phenoxy) is 1. The van der Waals surface area contributed by atoms with Gasteiger partial charge < -0.3 is 10.1 Å². The van der Waals surface area contributed by atoms with Gasteiger partial charge in [0.1, 0.15) is 12.1 Å². The fourth-order valence-electron chi connectivity index (χ4n) is 3.28. The van der Waals surface area contributed by atoms with E-state index >= 15 is 0 Å². The summed E-state index contributed by atoms with van der Waals surface area (Å²) in [5.74, 6) is 1.59. The van der Waals surface area contributed by atoms with Gasteiger partial charge in [-0.2, -0.15) is 10.1 Å². The van der Waals surface area contributed by atoms with Crippen molar-refractivity contribution in [3.63, 3.8) is 0 Å². The number of benzene rings is 2. The number of aromatic nitrogens is 3. The SMILES string of the molecule is COc1ccccc1[C@H]1C[C@H](c2ccccc2Cl)Nc2ncnn21. The lowest BCUT2D eigenvalue weighted by Crippen LogP contribution is -2.28. The molecular formula is C18H17ClN4O. The minimum absolute atomic E-state index is 0.0289. The van der Waals surface area contributed by atoms with E-state index in [-0.39, 0.29) is 12.1 Å². The Balaban J connectivity index is 1.79. The molecule has 0 bridgehead atoms. The van der Waals surface area contributed by atoms with E-state index in [1.165, 1.54) is 0 Å². The number of para-hydroxylation sites is 1. The molecule has 0 aliphatic carbocycles. The summed E-state index contributed by atoms with van der Waals surface area (Å²) in [6.07, 6.45) is 2.38. The molecule has 1 aliphatic rings. The van der Waals surface area contributed by atoms with Crippen LogP contribution < -0.4 is 10.1 Å². The number of hydrogen-bond acceptors (Lipinski definition) is 4. The maximum atomic E-state index is 6.40. The van der Waals surface area contributed by atoms with Gasteiger partial charge in [0.2, 0.25) is 5.95 Å². The zero-order valence-corrected chi connectivity index (χ0v) is 13.9. The van der Waals surface area contributed by atoms with Crippen LogP contribution in [-0.2, 0) is 0 Å². The maximum absolute atomic E-state index is 6.40. The van der Waals surface area contributed by atoms with Gasteiger partial charge in [0.25, 0.3) is 0 Å². The Morgan fingerprint density at radius 1 is 1.12 bits per heavy atom. The van der Waals surface area contributed by atoms with E-state index in [4.69, 9.17) is 16.3 Å². The van der Waals surface area contributed by atoms with Crippen LogP contribution in [0.4, 0.5) is 5.95 Å². The summed E-state index contributed by atoms with van der Waals surface area (Å²) >= 11 is 6.40. The number of hydrogen-bond donors (Lipinski definition) is 1. The first-order valence-corrected chi connectivity index (χ1v) is 8.19. The predicted octanol–water partition coefficient (Wildman–Crippen LogP) is 4.09. The average molecular weight is 341 g/mol. The molecule has 2 aromatic carbocycles. The van der Waals surface area contributed by atoms with E-state index in [0.717, 1.165) is 34.3 Å². The zero-order chi connectivity index (χ0) is 16.5. The molecule has 0 fully saturated rings. The summed E-state index contributed by atoms with van der Waals surface area (Å²) in [7, 11) is 1.69. The van der Waals surface area contributed by atoms with Crippen LogP contribution in [0, 0.1) is 0 Å². The van der Waals surface area contributed by atoms with Crippen LogP contribution in [0.5, 0.6) is 5.75 Å². The molecular weight excluding hydrogens is 324 g/mol. The second-order valence-electron chi connectivity index (χ2n) is 5.74. The molecule has 4 rings (SSSR count). The Hall–Kier alpha value is -2.53. The summed E-state index contributed by atoms with van der Waals surface area (Å²) in [4.78, 5) is 4.35. The molecule has 3 aromatic rings. The average Bonchev–Trinajstić information content (AvgIpc) is 3.10. The molecule has 1 aromatic heterocycles. The van der Waals surface area contributed by atoms with E-state index in [1.807, 2.05) is 47.1 Å². The molecule has 0 unspecified atom stereocenters. The lowest BCUT2D eigenvalue weighted by Gasteiger charge is -2.32. The van der Waals surface area contributed by atoms with Crippen molar-refractivity contribution in [2.75, 3.05) is 12.4 Å². The Kier molecular flexibility index (Phi) is 3.86. The molecule has 0 saturated carbocycles. The Labute approximate surface area is 145 Å². The fraction of sp³-hybridized carbons (Fsp3) is 0.222. The number of nitrogens with zero attached hydrogens (tertiary/aromatic N) is 3. The van der Waals surface area contributed by atoms with Gasteiger partial charge in [-0.25, -0.2) is 4.68 Å². The highest BCUT2D eigenvalue weighted by Gasteiger charge is 2.32. The second kappa shape index (κ2) is 6.17. The fourth-order valence-corrected chi connectivity index (χ4v) is 3.55. The van der Waals surface area contributed by atoms with E-state index in [2.05, 4.69) is 21.5 Å². The Morgan fingerprint density at radius 3 is 2.67 bits per heavy atom. The highest BCUT2D eigenvalue weighted by molar-refractivity contribution is 6.31. The minimum atomic E-state index is 0.0289. The van der Waals surface area contributed by atoms with Crippen molar-refractivity contribution in [3.8, 4) is 5.75 Å². The molecule has 0 saturated heterocycles. The first-order chi connectivity index (χ1) is 11.8. The molecule has 0 spiro atoms. The van der Waals surface area contributed by atoms with E-state index < -0.39 is 0 Å². The lowest BCUT2D eigenvalue weighted by atomic mass is 9.93. The minimum Gasteiger partial charge on any atom is -0.496 e. The van der Waals surface area contributed by atoms with Crippen LogP contribution in [0.25, 0.3) is 0 Å².